The van der Waals surface area contributed by atoms with E-state index in [4.69, 9.17) is 0 Å². The Morgan fingerprint density at radius 3 is 2.62 bits per heavy atom. The molecular formula is C10H16N2O4. The van der Waals surface area contributed by atoms with Crippen molar-refractivity contribution in [2.45, 2.75) is 6.42 Å². The highest BCUT2D eigenvalue weighted by Crippen LogP contribution is 2.17. The van der Waals surface area contributed by atoms with Gasteiger partial charge in [-0.25, -0.2) is 0 Å². The molecule has 1 aliphatic heterocycles. The number of likely N-dealkylation sites (tertiary alicyclic amines) is 1. The predicted molar refractivity (Wildman–Crippen MR) is 55.4 cm³/mol. The number of ether oxygens (including phenoxy) is 1. The largest absolute Gasteiger partial charge is 0.468 e. The number of esters is 1. The van der Waals surface area contributed by atoms with Crippen LogP contribution in [0.5, 0.6) is 0 Å². The van der Waals surface area contributed by atoms with Gasteiger partial charge in [-0.3, -0.25) is 14.4 Å². The summed E-state index contributed by atoms with van der Waals surface area (Å²) in [7, 11) is 4.46. The van der Waals surface area contributed by atoms with Gasteiger partial charge in [-0.15, -0.1) is 0 Å². The topological polar surface area (TPSA) is 66.9 Å². The molecule has 0 N–H and O–H groups in total. The summed E-state index contributed by atoms with van der Waals surface area (Å²) in [5, 5.41) is 0. The van der Waals surface area contributed by atoms with Gasteiger partial charge in [0.15, 0.2) is 0 Å². The number of hydrogen-bond acceptors (Lipinski definition) is 4. The van der Waals surface area contributed by atoms with Gasteiger partial charge in [-0.2, -0.15) is 0 Å². The maximum Gasteiger partial charge on any atom is 0.325 e. The van der Waals surface area contributed by atoms with Crippen LogP contribution in [0.1, 0.15) is 6.42 Å². The van der Waals surface area contributed by atoms with E-state index < -0.39 is 5.97 Å². The normalized spacial score (nSPS) is 19.8. The van der Waals surface area contributed by atoms with Crippen LogP contribution in [0.2, 0.25) is 0 Å². The first kappa shape index (κ1) is 12.5. The van der Waals surface area contributed by atoms with Gasteiger partial charge in [0, 0.05) is 27.1 Å². The van der Waals surface area contributed by atoms with Gasteiger partial charge >= 0.3 is 5.97 Å². The third-order valence-corrected chi connectivity index (χ3v) is 2.66. The van der Waals surface area contributed by atoms with Crippen LogP contribution in [0.15, 0.2) is 0 Å². The van der Waals surface area contributed by atoms with Crippen LogP contribution in [0.25, 0.3) is 0 Å². The first-order valence-electron chi connectivity index (χ1n) is 5.01. The van der Waals surface area contributed by atoms with Gasteiger partial charge in [0.2, 0.25) is 11.8 Å². The summed E-state index contributed by atoms with van der Waals surface area (Å²) in [6.07, 6.45) is 0.223. The summed E-state index contributed by atoms with van der Waals surface area (Å²) in [6.45, 7) is 0.340. The lowest BCUT2D eigenvalue weighted by Crippen LogP contribution is -2.37. The molecule has 1 rings (SSSR count). The fraction of sp³-hybridized carbons (Fsp3) is 0.700. The third kappa shape index (κ3) is 2.71. The molecule has 0 aromatic rings. The summed E-state index contributed by atoms with van der Waals surface area (Å²) in [5.74, 6) is -1.03. The molecule has 1 aliphatic rings. The van der Waals surface area contributed by atoms with Crippen LogP contribution in [0, 0.1) is 5.92 Å². The van der Waals surface area contributed by atoms with E-state index in [2.05, 4.69) is 4.74 Å². The standard InChI is InChI=1S/C10H16N2O4/c1-11-5-7(4-8(11)13)10(15)12(2)6-9(14)16-3/h7H,4-6H2,1-3H3. The number of carbonyl (C=O) groups excluding carboxylic acids is 3. The molecule has 1 fully saturated rings. The Balaban J connectivity index is 2.52. The summed E-state index contributed by atoms with van der Waals surface area (Å²) >= 11 is 0. The molecule has 0 aliphatic carbocycles. The van der Waals surface area contributed by atoms with Gasteiger partial charge in [-0.1, -0.05) is 0 Å². The number of rotatable bonds is 3. The second kappa shape index (κ2) is 4.96. The van der Waals surface area contributed by atoms with Crippen molar-refractivity contribution in [3.05, 3.63) is 0 Å². The van der Waals surface area contributed by atoms with Crippen molar-refractivity contribution in [1.29, 1.82) is 0 Å². The molecule has 0 aromatic carbocycles. The van der Waals surface area contributed by atoms with Gasteiger partial charge in [0.25, 0.3) is 0 Å². The molecule has 0 radical (unpaired) electrons. The second-order valence-corrected chi connectivity index (χ2v) is 3.95. The first-order chi connectivity index (χ1) is 7.45. The van der Waals surface area contributed by atoms with Crippen LogP contribution >= 0.6 is 0 Å². The smallest absolute Gasteiger partial charge is 0.325 e. The van der Waals surface area contributed by atoms with Gasteiger partial charge in [-0.05, 0) is 0 Å². The van der Waals surface area contributed by atoms with E-state index in [1.165, 1.54) is 24.0 Å². The maximum absolute atomic E-state index is 11.8. The van der Waals surface area contributed by atoms with Gasteiger partial charge in [0.1, 0.15) is 6.54 Å². The van der Waals surface area contributed by atoms with E-state index >= 15 is 0 Å². The summed E-state index contributed by atoms with van der Waals surface area (Å²) in [6, 6.07) is 0. The Kier molecular flexibility index (Phi) is 3.87. The minimum Gasteiger partial charge on any atom is -0.468 e. The number of methoxy groups -OCH3 is 1. The van der Waals surface area contributed by atoms with Crippen LogP contribution in [0.4, 0.5) is 0 Å². The molecule has 1 heterocycles. The Morgan fingerprint density at radius 1 is 1.56 bits per heavy atom. The lowest BCUT2D eigenvalue weighted by Gasteiger charge is -2.19. The average Bonchev–Trinajstić information content (AvgIpc) is 2.57. The molecule has 6 heteroatoms. The Labute approximate surface area is 94.1 Å². The zero-order valence-electron chi connectivity index (χ0n) is 9.73. The van der Waals surface area contributed by atoms with Crippen molar-refractivity contribution < 1.29 is 19.1 Å². The van der Waals surface area contributed by atoms with E-state index in [1.54, 1.807) is 7.05 Å². The molecule has 0 spiro atoms. The molecule has 0 aromatic heterocycles. The minimum atomic E-state index is -0.464. The summed E-state index contributed by atoms with van der Waals surface area (Å²) in [5.41, 5.74) is 0. The van der Waals surface area contributed by atoms with Crippen molar-refractivity contribution in [2.24, 2.45) is 5.92 Å². The van der Waals surface area contributed by atoms with E-state index in [1.807, 2.05) is 0 Å². The van der Waals surface area contributed by atoms with E-state index in [0.717, 1.165) is 0 Å². The van der Waals surface area contributed by atoms with Crippen molar-refractivity contribution in [3.63, 3.8) is 0 Å². The molecule has 90 valence electrons. The Bertz CT molecular complexity index is 316. The zero-order chi connectivity index (χ0) is 12.3. The van der Waals surface area contributed by atoms with Crippen LogP contribution < -0.4 is 0 Å². The molecule has 1 unspecified atom stereocenters. The molecule has 1 saturated heterocycles. The van der Waals surface area contributed by atoms with Crippen molar-refractivity contribution in [1.82, 2.24) is 9.80 Å². The molecule has 16 heavy (non-hydrogen) atoms. The van der Waals surface area contributed by atoms with Crippen LogP contribution in [0.3, 0.4) is 0 Å². The fourth-order valence-electron chi connectivity index (χ4n) is 1.68. The second-order valence-electron chi connectivity index (χ2n) is 3.95. The number of nitrogens with zero attached hydrogens (tertiary/aromatic N) is 2. The fourth-order valence-corrected chi connectivity index (χ4v) is 1.68. The SMILES string of the molecule is COC(=O)CN(C)C(=O)C1CC(=O)N(C)C1. The summed E-state index contributed by atoms with van der Waals surface area (Å²) in [4.78, 5) is 36.9. The van der Waals surface area contributed by atoms with Gasteiger partial charge in [0.05, 0.1) is 13.0 Å². The third-order valence-electron chi connectivity index (χ3n) is 2.66. The van der Waals surface area contributed by atoms with Crippen LogP contribution in [-0.2, 0) is 19.1 Å². The van der Waals surface area contributed by atoms with E-state index in [0.29, 0.717) is 6.54 Å². The van der Waals surface area contributed by atoms with Crippen molar-refractivity contribution in [2.75, 3.05) is 34.3 Å². The molecule has 6 nitrogen and oxygen atoms in total. The number of carbonyl (C=O) groups is 3. The number of hydrogen-bond donors (Lipinski definition) is 0. The number of likely N-dealkylation sites (N-methyl/N-ethyl adjacent to an activating group) is 1. The van der Waals surface area contributed by atoms with Crippen molar-refractivity contribution >= 4 is 17.8 Å². The van der Waals surface area contributed by atoms with Crippen molar-refractivity contribution in [3.8, 4) is 0 Å². The molecular weight excluding hydrogens is 212 g/mol. The molecule has 1 atom stereocenters. The molecule has 2 amide bonds. The van der Waals surface area contributed by atoms with E-state index in [-0.39, 0.29) is 30.7 Å². The zero-order valence-corrected chi connectivity index (χ0v) is 9.73. The Hall–Kier alpha value is -1.59. The number of amides is 2. The van der Waals surface area contributed by atoms with Crippen LogP contribution in [-0.4, -0.2) is 61.9 Å². The Morgan fingerprint density at radius 2 is 2.19 bits per heavy atom. The quantitative estimate of drug-likeness (QED) is 0.587. The predicted octanol–water partition coefficient (Wildman–Crippen LogP) is -0.904. The summed E-state index contributed by atoms with van der Waals surface area (Å²) < 4.78 is 4.47. The average molecular weight is 228 g/mol. The van der Waals surface area contributed by atoms with E-state index in [9.17, 15) is 14.4 Å². The minimum absolute atomic E-state index is 0.0372. The molecule has 0 bridgehead atoms. The highest BCUT2D eigenvalue weighted by Gasteiger charge is 2.34. The highest BCUT2D eigenvalue weighted by molar-refractivity contribution is 5.90. The first-order valence-corrected chi connectivity index (χ1v) is 5.01. The lowest BCUT2D eigenvalue weighted by molar-refractivity contribution is -0.147. The van der Waals surface area contributed by atoms with Gasteiger partial charge < -0.3 is 14.5 Å². The maximum atomic E-state index is 11.8. The monoisotopic (exact) mass is 228 g/mol. The molecule has 0 saturated carbocycles. The highest BCUT2D eigenvalue weighted by atomic mass is 16.5. The lowest BCUT2D eigenvalue weighted by atomic mass is 10.1.